The molecule has 0 heterocycles. The van der Waals surface area contributed by atoms with Crippen molar-refractivity contribution in [2.45, 2.75) is 18.8 Å². The molecule has 2 aromatic carbocycles. The van der Waals surface area contributed by atoms with E-state index in [9.17, 15) is 4.39 Å². The second-order valence-electron chi connectivity index (χ2n) is 5.33. The van der Waals surface area contributed by atoms with E-state index in [0.717, 1.165) is 15.6 Å². The van der Waals surface area contributed by atoms with Gasteiger partial charge in [-0.2, -0.15) is 0 Å². The molecule has 0 amide bonds. The van der Waals surface area contributed by atoms with Crippen molar-refractivity contribution in [3.63, 3.8) is 0 Å². The Hall–Kier alpha value is -0.570. The third-order valence-corrected chi connectivity index (χ3v) is 5.20. The number of rotatable bonds is 5. The Morgan fingerprint density at radius 2 is 1.81 bits per heavy atom. The van der Waals surface area contributed by atoms with E-state index in [0.29, 0.717) is 23.7 Å². The SMILES string of the molecule is Cc1cccc(C(CCl)(CCl)Cc2ccc(Br)cc2F)c1. The fourth-order valence-electron chi connectivity index (χ4n) is 2.39. The topological polar surface area (TPSA) is 0 Å². The highest BCUT2D eigenvalue weighted by Gasteiger charge is 2.32. The van der Waals surface area contributed by atoms with Crippen LogP contribution in [0.25, 0.3) is 0 Å². The summed E-state index contributed by atoms with van der Waals surface area (Å²) in [5.41, 5.74) is 2.35. The van der Waals surface area contributed by atoms with Crippen molar-refractivity contribution in [1.29, 1.82) is 0 Å². The average molecular weight is 390 g/mol. The molecule has 0 aromatic heterocycles. The average Bonchev–Trinajstić information content (AvgIpc) is 2.47. The molecule has 4 heteroatoms. The van der Waals surface area contributed by atoms with Gasteiger partial charge in [-0.25, -0.2) is 4.39 Å². The minimum atomic E-state index is -0.468. The molecule has 0 saturated carbocycles. The van der Waals surface area contributed by atoms with E-state index >= 15 is 0 Å². The zero-order chi connectivity index (χ0) is 15.5. The third kappa shape index (κ3) is 3.80. The third-order valence-electron chi connectivity index (χ3n) is 3.69. The molecule has 0 aliphatic carbocycles. The molecular formula is C17H16BrCl2F. The van der Waals surface area contributed by atoms with Gasteiger partial charge in [0.1, 0.15) is 5.82 Å². The zero-order valence-corrected chi connectivity index (χ0v) is 14.8. The van der Waals surface area contributed by atoms with E-state index in [4.69, 9.17) is 23.2 Å². The molecule has 0 fully saturated rings. The fraction of sp³-hybridized carbons (Fsp3) is 0.294. The summed E-state index contributed by atoms with van der Waals surface area (Å²) in [5.74, 6) is 0.446. The summed E-state index contributed by atoms with van der Waals surface area (Å²) in [6.07, 6.45) is 0.475. The number of aryl methyl sites for hydroxylation is 1. The largest absolute Gasteiger partial charge is 0.207 e. The Kier molecular flexibility index (Phi) is 5.70. The molecule has 0 radical (unpaired) electrons. The molecule has 0 bridgehead atoms. The lowest BCUT2D eigenvalue weighted by Crippen LogP contribution is -2.33. The number of hydrogen-bond acceptors (Lipinski definition) is 0. The molecule has 2 rings (SSSR count). The van der Waals surface area contributed by atoms with Crippen molar-refractivity contribution >= 4 is 39.1 Å². The first-order valence-corrected chi connectivity index (χ1v) is 8.50. The monoisotopic (exact) mass is 388 g/mol. The summed E-state index contributed by atoms with van der Waals surface area (Å²) >= 11 is 15.7. The number of alkyl halides is 2. The highest BCUT2D eigenvalue weighted by atomic mass is 79.9. The van der Waals surface area contributed by atoms with Gasteiger partial charge in [0.05, 0.1) is 0 Å². The molecule has 0 aliphatic rings. The minimum absolute atomic E-state index is 0.239. The summed E-state index contributed by atoms with van der Waals surface area (Å²) in [5, 5.41) is 0. The van der Waals surface area contributed by atoms with Crippen LogP contribution in [0.1, 0.15) is 16.7 Å². The molecule has 0 N–H and O–H groups in total. The van der Waals surface area contributed by atoms with Crippen LogP contribution in [0.15, 0.2) is 46.9 Å². The fourth-order valence-corrected chi connectivity index (χ4v) is 3.51. The second kappa shape index (κ2) is 7.13. The van der Waals surface area contributed by atoms with Crippen molar-refractivity contribution in [2.75, 3.05) is 11.8 Å². The lowest BCUT2D eigenvalue weighted by atomic mass is 9.78. The smallest absolute Gasteiger partial charge is 0.127 e. The van der Waals surface area contributed by atoms with Crippen molar-refractivity contribution in [3.05, 3.63) is 69.4 Å². The van der Waals surface area contributed by atoms with Crippen LogP contribution in [0.4, 0.5) is 4.39 Å². The van der Waals surface area contributed by atoms with E-state index in [-0.39, 0.29) is 5.82 Å². The maximum absolute atomic E-state index is 14.1. The summed E-state index contributed by atoms with van der Waals surface area (Å²) < 4.78 is 14.9. The van der Waals surface area contributed by atoms with Gasteiger partial charge in [0.2, 0.25) is 0 Å². The molecule has 2 aromatic rings. The first-order valence-electron chi connectivity index (χ1n) is 6.64. The maximum Gasteiger partial charge on any atom is 0.127 e. The van der Waals surface area contributed by atoms with Crippen molar-refractivity contribution < 1.29 is 4.39 Å². The van der Waals surface area contributed by atoms with E-state index in [1.807, 2.05) is 31.2 Å². The number of halogens is 4. The Morgan fingerprint density at radius 1 is 1.10 bits per heavy atom. The van der Waals surface area contributed by atoms with Crippen LogP contribution in [-0.4, -0.2) is 11.8 Å². The van der Waals surface area contributed by atoms with Gasteiger partial charge in [-0.05, 0) is 36.6 Å². The van der Waals surface area contributed by atoms with Crippen molar-refractivity contribution in [1.82, 2.24) is 0 Å². The molecule has 0 spiro atoms. The molecule has 0 nitrogen and oxygen atoms in total. The summed E-state index contributed by atoms with van der Waals surface area (Å²) in [7, 11) is 0. The summed E-state index contributed by atoms with van der Waals surface area (Å²) in [6.45, 7) is 2.02. The van der Waals surface area contributed by atoms with Crippen LogP contribution in [0, 0.1) is 12.7 Å². The van der Waals surface area contributed by atoms with Gasteiger partial charge < -0.3 is 0 Å². The number of benzene rings is 2. The van der Waals surface area contributed by atoms with Gasteiger partial charge in [0.15, 0.2) is 0 Å². The normalized spacial score (nSPS) is 11.7. The van der Waals surface area contributed by atoms with Crippen LogP contribution in [-0.2, 0) is 11.8 Å². The standard InChI is InChI=1S/C17H16BrCl2F/c1-12-3-2-4-14(7-12)17(10-19,11-20)9-13-5-6-15(18)8-16(13)21/h2-8H,9-11H2,1H3. The molecule has 21 heavy (non-hydrogen) atoms. The first kappa shape index (κ1) is 16.8. The van der Waals surface area contributed by atoms with E-state index < -0.39 is 5.41 Å². The van der Waals surface area contributed by atoms with Crippen LogP contribution < -0.4 is 0 Å². The van der Waals surface area contributed by atoms with Crippen molar-refractivity contribution in [2.24, 2.45) is 0 Å². The van der Waals surface area contributed by atoms with Crippen LogP contribution in [0.5, 0.6) is 0 Å². The molecule has 0 atom stereocenters. The summed E-state index contributed by atoms with van der Waals surface area (Å²) in [6, 6.07) is 13.2. The Bertz CT molecular complexity index is 624. The molecule has 0 unspecified atom stereocenters. The Labute approximate surface area is 143 Å². The minimum Gasteiger partial charge on any atom is -0.207 e. The van der Waals surface area contributed by atoms with Crippen LogP contribution in [0.2, 0.25) is 0 Å². The van der Waals surface area contributed by atoms with Gasteiger partial charge in [-0.3, -0.25) is 0 Å². The van der Waals surface area contributed by atoms with Crippen molar-refractivity contribution in [3.8, 4) is 0 Å². The van der Waals surface area contributed by atoms with E-state index in [1.165, 1.54) is 6.07 Å². The zero-order valence-electron chi connectivity index (χ0n) is 11.7. The van der Waals surface area contributed by atoms with E-state index in [2.05, 4.69) is 22.0 Å². The maximum atomic E-state index is 14.1. The van der Waals surface area contributed by atoms with Gasteiger partial charge in [0, 0.05) is 21.6 Å². The van der Waals surface area contributed by atoms with Crippen LogP contribution in [0.3, 0.4) is 0 Å². The molecule has 112 valence electrons. The predicted molar refractivity (Wildman–Crippen MR) is 92.1 cm³/mol. The second-order valence-corrected chi connectivity index (χ2v) is 6.78. The molecule has 0 saturated heterocycles. The first-order chi connectivity index (χ1) is 10.0. The van der Waals surface area contributed by atoms with E-state index in [1.54, 1.807) is 6.07 Å². The summed E-state index contributed by atoms with van der Waals surface area (Å²) in [4.78, 5) is 0. The lowest BCUT2D eigenvalue weighted by Gasteiger charge is -2.31. The van der Waals surface area contributed by atoms with Gasteiger partial charge in [-0.15, -0.1) is 23.2 Å². The highest BCUT2D eigenvalue weighted by Crippen LogP contribution is 2.33. The molecular weight excluding hydrogens is 374 g/mol. The van der Waals surface area contributed by atoms with Crippen LogP contribution >= 0.6 is 39.1 Å². The quantitative estimate of drug-likeness (QED) is 0.562. The van der Waals surface area contributed by atoms with Gasteiger partial charge in [0.25, 0.3) is 0 Å². The van der Waals surface area contributed by atoms with Gasteiger partial charge >= 0.3 is 0 Å². The molecule has 0 aliphatic heterocycles. The number of hydrogen-bond donors (Lipinski definition) is 0. The lowest BCUT2D eigenvalue weighted by molar-refractivity contribution is 0.511. The Morgan fingerprint density at radius 3 is 2.38 bits per heavy atom. The Balaban J connectivity index is 2.43. The predicted octanol–water partition coefficient (Wildman–Crippen LogP) is 5.85. The highest BCUT2D eigenvalue weighted by molar-refractivity contribution is 9.10. The van der Waals surface area contributed by atoms with Gasteiger partial charge in [-0.1, -0.05) is 51.8 Å².